The highest BCUT2D eigenvalue weighted by Gasteiger charge is 2.44. The van der Waals surface area contributed by atoms with Crippen molar-refractivity contribution < 1.29 is 5.11 Å². The highest BCUT2D eigenvalue weighted by molar-refractivity contribution is 7.95. The first-order valence-electron chi connectivity index (χ1n) is 16.3. The van der Waals surface area contributed by atoms with E-state index in [1.807, 2.05) is 18.2 Å². The van der Waals surface area contributed by atoms with Gasteiger partial charge >= 0.3 is 0 Å². The molecule has 3 heteroatoms. The molecular weight excluding hydrogens is 586 g/mol. The van der Waals surface area contributed by atoms with Gasteiger partial charge in [0.05, 0.1) is 12.8 Å². The maximum atomic E-state index is 9.81. The van der Waals surface area contributed by atoms with Crippen molar-refractivity contribution in [2.75, 3.05) is 12.8 Å². The Kier molecular flexibility index (Phi) is 10.6. The molecule has 0 heterocycles. The first-order valence-corrected chi connectivity index (χ1v) is 18.3. The zero-order valence-corrected chi connectivity index (χ0v) is 27.5. The largest absolute Gasteiger partial charge is 0.393 e. The fourth-order valence-corrected chi connectivity index (χ4v) is 11.2. The third-order valence-electron chi connectivity index (χ3n) is 9.22. The normalized spacial score (nSPS) is 11.3. The van der Waals surface area contributed by atoms with E-state index in [4.69, 9.17) is 0 Å². The van der Waals surface area contributed by atoms with Crippen LogP contribution in [0.2, 0.25) is 0 Å². The molecule has 1 N–H and O–H groups in total. The molecule has 0 atom stereocenters. The Morgan fingerprint density at radius 1 is 0.319 bits per heavy atom. The van der Waals surface area contributed by atoms with Crippen molar-refractivity contribution in [3.63, 3.8) is 0 Å². The SMILES string of the molecule is OCC[P+](c1ccccc1)(c1ccccc1)c1ccccc1.c1ccc([B-](c2ccccc2)(c2ccccc2)c2ccccc2)cc1. The molecule has 0 aliphatic carbocycles. The summed E-state index contributed by atoms with van der Waals surface area (Å²) < 4.78 is 0. The molecule has 0 aliphatic heterocycles. The third kappa shape index (κ3) is 6.63. The summed E-state index contributed by atoms with van der Waals surface area (Å²) >= 11 is 0. The Bertz CT molecular complexity index is 1640. The van der Waals surface area contributed by atoms with Gasteiger partial charge in [-0.05, 0) is 36.4 Å². The summed E-state index contributed by atoms with van der Waals surface area (Å²) in [5.41, 5.74) is 5.36. The van der Waals surface area contributed by atoms with Gasteiger partial charge in [0.2, 0.25) is 0 Å². The number of hydrogen-bond donors (Lipinski definition) is 1. The summed E-state index contributed by atoms with van der Waals surface area (Å²) in [6.45, 7) is 0.187. The van der Waals surface area contributed by atoms with E-state index in [1.165, 1.54) is 37.8 Å². The number of aliphatic hydroxyl groups excluding tert-OH is 1. The highest BCUT2D eigenvalue weighted by Crippen LogP contribution is 2.54. The van der Waals surface area contributed by atoms with Gasteiger partial charge in [0.25, 0.3) is 0 Å². The first kappa shape index (κ1) is 32.0. The molecule has 7 aromatic rings. The van der Waals surface area contributed by atoms with Gasteiger partial charge in [0.15, 0.2) is 0 Å². The molecule has 0 unspecified atom stereocenters. The summed E-state index contributed by atoms with van der Waals surface area (Å²) in [6.07, 6.45) is -0.447. The van der Waals surface area contributed by atoms with Gasteiger partial charge in [-0.2, -0.15) is 21.9 Å². The molecule has 1 nitrogen and oxygen atoms in total. The number of rotatable bonds is 9. The molecule has 47 heavy (non-hydrogen) atoms. The number of aliphatic hydroxyl groups is 1. The van der Waals surface area contributed by atoms with Crippen molar-refractivity contribution in [1.82, 2.24) is 0 Å². The van der Waals surface area contributed by atoms with Gasteiger partial charge in [-0.1, -0.05) is 176 Å². The monoisotopic (exact) mass is 626 g/mol. The summed E-state index contributed by atoms with van der Waals surface area (Å²) in [5.74, 6) is 0. The van der Waals surface area contributed by atoms with Crippen molar-refractivity contribution >= 4 is 51.2 Å². The standard InChI is InChI=1S/C24H20B.C20H20OP/c1-5-13-21(14-6-1)25(22-15-7-2-8-16-22,23-17-9-3-10-18-23)24-19-11-4-12-20-24;21-16-17-22(18-10-4-1-5-11-18,19-12-6-2-7-13-19)20-14-8-3-9-15-20/h1-20H;1-15,21H,16-17H2/q-1;+1. The smallest absolute Gasteiger partial charge is 0.114 e. The first-order chi connectivity index (χ1) is 23.3. The molecule has 0 fully saturated rings. The van der Waals surface area contributed by atoms with Gasteiger partial charge in [0.1, 0.15) is 29.3 Å². The minimum atomic E-state index is -1.80. The van der Waals surface area contributed by atoms with E-state index >= 15 is 0 Å². The van der Waals surface area contributed by atoms with Gasteiger partial charge in [0, 0.05) is 0 Å². The molecule has 0 saturated heterocycles. The van der Waals surface area contributed by atoms with E-state index < -0.39 is 13.4 Å². The minimum Gasteiger partial charge on any atom is -0.393 e. The van der Waals surface area contributed by atoms with Gasteiger partial charge < -0.3 is 5.11 Å². The fraction of sp³-hybridized carbons (Fsp3) is 0.0455. The third-order valence-corrected chi connectivity index (χ3v) is 13.6. The molecule has 0 aliphatic rings. The van der Waals surface area contributed by atoms with Crippen LogP contribution in [0, 0.1) is 0 Å². The molecule has 0 radical (unpaired) electrons. The topological polar surface area (TPSA) is 20.2 Å². The average molecular weight is 627 g/mol. The van der Waals surface area contributed by atoms with Crippen molar-refractivity contribution in [2.45, 2.75) is 0 Å². The minimum absolute atomic E-state index is 0.187. The molecule has 7 aromatic carbocycles. The zero-order valence-electron chi connectivity index (χ0n) is 26.6. The Labute approximate surface area is 280 Å². The highest BCUT2D eigenvalue weighted by atomic mass is 31.2. The Hall–Kier alpha value is -5.01. The summed E-state index contributed by atoms with van der Waals surface area (Å²) in [4.78, 5) is 0. The molecule has 0 saturated carbocycles. The fourth-order valence-electron chi connectivity index (χ4n) is 7.15. The molecule has 7 rings (SSSR count). The Balaban J connectivity index is 0.000000166. The number of benzene rings is 7. The number of hydrogen-bond acceptors (Lipinski definition) is 1. The van der Waals surface area contributed by atoms with Crippen LogP contribution in [0.5, 0.6) is 0 Å². The van der Waals surface area contributed by atoms with Crippen LogP contribution in [0.15, 0.2) is 212 Å². The lowest BCUT2D eigenvalue weighted by atomic mass is 9.13. The van der Waals surface area contributed by atoms with Crippen LogP contribution in [-0.2, 0) is 0 Å². The van der Waals surface area contributed by atoms with Gasteiger partial charge in [-0.15, -0.1) is 0 Å². The van der Waals surface area contributed by atoms with Crippen molar-refractivity contribution in [2.24, 2.45) is 0 Å². The predicted molar refractivity (Wildman–Crippen MR) is 207 cm³/mol. The maximum absolute atomic E-state index is 9.81. The molecular formula is C44H40BOP. The van der Waals surface area contributed by atoms with Crippen LogP contribution in [0.3, 0.4) is 0 Å². The van der Waals surface area contributed by atoms with Crippen LogP contribution in [0.4, 0.5) is 0 Å². The Morgan fingerprint density at radius 2 is 0.532 bits per heavy atom. The summed E-state index contributed by atoms with van der Waals surface area (Å²) in [7, 11) is -1.80. The lowest BCUT2D eigenvalue weighted by Crippen LogP contribution is -2.74. The van der Waals surface area contributed by atoms with Gasteiger partial charge in [-0.25, -0.2) is 0 Å². The quantitative estimate of drug-likeness (QED) is 0.153. The van der Waals surface area contributed by atoms with E-state index in [2.05, 4.69) is 194 Å². The molecule has 230 valence electrons. The molecule has 0 spiro atoms. The second kappa shape index (κ2) is 15.5. The van der Waals surface area contributed by atoms with Crippen LogP contribution in [-0.4, -0.2) is 24.0 Å². The average Bonchev–Trinajstić information content (AvgIpc) is 3.17. The van der Waals surface area contributed by atoms with E-state index in [-0.39, 0.29) is 6.61 Å². The lowest BCUT2D eigenvalue weighted by Gasteiger charge is -2.44. The van der Waals surface area contributed by atoms with E-state index in [1.54, 1.807) is 0 Å². The molecule has 0 bridgehead atoms. The van der Waals surface area contributed by atoms with Crippen LogP contribution in [0.1, 0.15) is 0 Å². The van der Waals surface area contributed by atoms with Crippen molar-refractivity contribution in [3.8, 4) is 0 Å². The summed E-state index contributed by atoms with van der Waals surface area (Å²) in [6, 6.07) is 75.4. The maximum Gasteiger partial charge on any atom is 0.114 e. The van der Waals surface area contributed by atoms with Gasteiger partial charge in [-0.3, -0.25) is 0 Å². The zero-order chi connectivity index (χ0) is 32.2. The van der Waals surface area contributed by atoms with E-state index in [0.29, 0.717) is 0 Å². The van der Waals surface area contributed by atoms with Crippen molar-refractivity contribution in [3.05, 3.63) is 212 Å². The lowest BCUT2D eigenvalue weighted by molar-refractivity contribution is 0.321. The van der Waals surface area contributed by atoms with Crippen LogP contribution >= 0.6 is 7.26 Å². The predicted octanol–water partition coefficient (Wildman–Crippen LogP) is 6.04. The van der Waals surface area contributed by atoms with E-state index in [0.717, 1.165) is 6.16 Å². The molecule has 0 amide bonds. The van der Waals surface area contributed by atoms with E-state index in [9.17, 15) is 5.11 Å². The Morgan fingerprint density at radius 3 is 0.745 bits per heavy atom. The summed E-state index contributed by atoms with van der Waals surface area (Å²) in [5, 5.41) is 13.8. The second-order valence-electron chi connectivity index (χ2n) is 11.8. The second-order valence-corrected chi connectivity index (χ2v) is 15.4. The van der Waals surface area contributed by atoms with Crippen molar-refractivity contribution in [1.29, 1.82) is 0 Å². The van der Waals surface area contributed by atoms with Crippen LogP contribution in [0.25, 0.3) is 0 Å². The molecule has 0 aromatic heterocycles. The van der Waals surface area contributed by atoms with Crippen LogP contribution < -0.4 is 37.8 Å².